The van der Waals surface area contributed by atoms with Gasteiger partial charge in [-0.2, -0.15) is 0 Å². The van der Waals surface area contributed by atoms with Crippen LogP contribution in [0, 0.1) is 13.8 Å². The summed E-state index contributed by atoms with van der Waals surface area (Å²) in [5.74, 6) is 0.301. The first kappa shape index (κ1) is 17.2. The molecule has 0 saturated carbocycles. The van der Waals surface area contributed by atoms with E-state index in [1.165, 1.54) is 16.9 Å². The standard InChI is InChI=1S/C17H14BrClN2O2S/c1-9-3-6-14-16(10(9)2)21-17(24-14)20-15(22)8-23-13-5-4-11(19)7-12(13)18/h3-7H,8H2,1-2H3,(H,20,21,22). The number of rotatable bonds is 4. The smallest absolute Gasteiger partial charge is 0.264 e. The fourth-order valence-electron chi connectivity index (χ4n) is 2.17. The quantitative estimate of drug-likeness (QED) is 0.613. The molecule has 0 spiro atoms. The molecule has 1 amide bonds. The minimum Gasteiger partial charge on any atom is -0.483 e. The molecule has 0 aliphatic rings. The fraction of sp³-hybridized carbons (Fsp3) is 0.176. The lowest BCUT2D eigenvalue weighted by atomic mass is 10.1. The maximum absolute atomic E-state index is 12.1. The number of thiazole rings is 1. The third kappa shape index (κ3) is 3.71. The molecule has 0 radical (unpaired) electrons. The molecule has 4 nitrogen and oxygen atoms in total. The Balaban J connectivity index is 1.67. The number of anilines is 1. The zero-order valence-electron chi connectivity index (χ0n) is 13.0. The van der Waals surface area contributed by atoms with Gasteiger partial charge in [-0.15, -0.1) is 0 Å². The zero-order chi connectivity index (χ0) is 17.3. The van der Waals surface area contributed by atoms with E-state index in [1.54, 1.807) is 18.2 Å². The molecule has 0 saturated heterocycles. The van der Waals surface area contributed by atoms with E-state index in [4.69, 9.17) is 16.3 Å². The van der Waals surface area contributed by atoms with Gasteiger partial charge in [-0.3, -0.25) is 10.1 Å². The van der Waals surface area contributed by atoms with Crippen molar-refractivity contribution in [2.24, 2.45) is 0 Å². The Morgan fingerprint density at radius 1 is 1.33 bits per heavy atom. The molecule has 3 aromatic rings. The number of carbonyl (C=O) groups is 1. The lowest BCUT2D eigenvalue weighted by molar-refractivity contribution is -0.118. The predicted molar refractivity (Wildman–Crippen MR) is 102 cm³/mol. The molecule has 0 fully saturated rings. The normalized spacial score (nSPS) is 10.8. The van der Waals surface area contributed by atoms with Crippen LogP contribution in [0.3, 0.4) is 0 Å². The van der Waals surface area contributed by atoms with Gasteiger partial charge in [-0.05, 0) is 65.2 Å². The molecule has 0 unspecified atom stereocenters. The molecule has 1 N–H and O–H groups in total. The van der Waals surface area contributed by atoms with E-state index in [-0.39, 0.29) is 12.5 Å². The number of benzene rings is 2. The first-order valence-electron chi connectivity index (χ1n) is 7.18. The first-order valence-corrected chi connectivity index (χ1v) is 9.17. The van der Waals surface area contributed by atoms with Crippen LogP contribution < -0.4 is 10.1 Å². The number of nitrogens with zero attached hydrogens (tertiary/aromatic N) is 1. The van der Waals surface area contributed by atoms with Gasteiger partial charge in [0.2, 0.25) is 0 Å². The summed E-state index contributed by atoms with van der Waals surface area (Å²) in [4.78, 5) is 16.6. The third-order valence-electron chi connectivity index (χ3n) is 3.58. The van der Waals surface area contributed by atoms with Crippen molar-refractivity contribution in [3.63, 3.8) is 0 Å². The van der Waals surface area contributed by atoms with Crippen LogP contribution in [0.1, 0.15) is 11.1 Å². The number of nitrogens with one attached hydrogen (secondary N) is 1. The summed E-state index contributed by atoms with van der Waals surface area (Å²) >= 11 is 10.7. The number of carbonyl (C=O) groups excluding carboxylic acids is 1. The zero-order valence-corrected chi connectivity index (χ0v) is 16.2. The van der Waals surface area contributed by atoms with Crippen molar-refractivity contribution in [1.29, 1.82) is 0 Å². The van der Waals surface area contributed by atoms with Gasteiger partial charge < -0.3 is 4.74 Å². The van der Waals surface area contributed by atoms with Gasteiger partial charge in [0, 0.05) is 5.02 Å². The number of hydrogen-bond acceptors (Lipinski definition) is 4. The molecule has 0 atom stereocenters. The second-order valence-corrected chi connectivity index (χ2v) is 7.61. The SMILES string of the molecule is Cc1ccc2sc(NC(=O)COc3ccc(Cl)cc3Br)nc2c1C. The summed E-state index contributed by atoms with van der Waals surface area (Å²) in [6, 6.07) is 9.21. The largest absolute Gasteiger partial charge is 0.483 e. The lowest BCUT2D eigenvalue weighted by Gasteiger charge is -2.07. The first-order chi connectivity index (χ1) is 11.4. The summed E-state index contributed by atoms with van der Waals surface area (Å²) in [5, 5.41) is 3.95. The summed E-state index contributed by atoms with van der Waals surface area (Å²) in [6.07, 6.45) is 0. The Kier molecular flexibility index (Phi) is 5.08. The van der Waals surface area contributed by atoms with Gasteiger partial charge in [0.15, 0.2) is 11.7 Å². The van der Waals surface area contributed by atoms with Gasteiger partial charge in [0.25, 0.3) is 5.91 Å². The van der Waals surface area contributed by atoms with Gasteiger partial charge in [-0.25, -0.2) is 4.98 Å². The lowest BCUT2D eigenvalue weighted by Crippen LogP contribution is -2.20. The number of aryl methyl sites for hydroxylation is 2. The predicted octanol–water partition coefficient (Wildman–Crippen LogP) is 5.35. The molecule has 1 aromatic heterocycles. The highest BCUT2D eigenvalue weighted by Gasteiger charge is 2.11. The highest BCUT2D eigenvalue weighted by molar-refractivity contribution is 9.10. The van der Waals surface area contributed by atoms with Crippen molar-refractivity contribution in [2.75, 3.05) is 11.9 Å². The van der Waals surface area contributed by atoms with E-state index in [0.717, 1.165) is 15.8 Å². The molecule has 0 bridgehead atoms. The van der Waals surface area contributed by atoms with Crippen LogP contribution in [0.2, 0.25) is 5.02 Å². The number of aromatic nitrogens is 1. The second kappa shape index (κ2) is 7.09. The minimum absolute atomic E-state index is 0.103. The molecule has 0 aliphatic heterocycles. The Hall–Kier alpha value is -1.63. The Morgan fingerprint density at radius 2 is 2.12 bits per heavy atom. The summed E-state index contributed by atoms with van der Waals surface area (Å²) in [7, 11) is 0. The average molecular weight is 426 g/mol. The number of hydrogen-bond donors (Lipinski definition) is 1. The van der Waals surface area contributed by atoms with Crippen LogP contribution in [0.4, 0.5) is 5.13 Å². The van der Waals surface area contributed by atoms with E-state index in [9.17, 15) is 4.79 Å². The molecule has 24 heavy (non-hydrogen) atoms. The van der Waals surface area contributed by atoms with Crippen LogP contribution >= 0.6 is 38.9 Å². The van der Waals surface area contributed by atoms with Crippen LogP contribution in [-0.4, -0.2) is 17.5 Å². The average Bonchev–Trinajstić information content (AvgIpc) is 2.93. The van der Waals surface area contributed by atoms with Crippen molar-refractivity contribution in [3.05, 3.63) is 51.0 Å². The van der Waals surface area contributed by atoms with Gasteiger partial charge in [-0.1, -0.05) is 29.0 Å². The van der Waals surface area contributed by atoms with E-state index < -0.39 is 0 Å². The minimum atomic E-state index is -0.259. The van der Waals surface area contributed by atoms with Crippen LogP contribution in [0.5, 0.6) is 5.75 Å². The maximum atomic E-state index is 12.1. The number of amides is 1. The van der Waals surface area contributed by atoms with Crippen molar-refractivity contribution < 1.29 is 9.53 Å². The molecule has 1 heterocycles. The fourth-order valence-corrected chi connectivity index (χ4v) is 3.91. The molecule has 0 aliphatic carbocycles. The van der Waals surface area contributed by atoms with Gasteiger partial charge in [0.1, 0.15) is 5.75 Å². The second-order valence-electron chi connectivity index (χ2n) is 5.28. The summed E-state index contributed by atoms with van der Waals surface area (Å²) in [5.41, 5.74) is 3.24. The summed E-state index contributed by atoms with van der Waals surface area (Å²) < 4.78 is 7.26. The van der Waals surface area contributed by atoms with Gasteiger partial charge in [0.05, 0.1) is 14.7 Å². The highest BCUT2D eigenvalue weighted by atomic mass is 79.9. The topological polar surface area (TPSA) is 51.2 Å². The molecule has 7 heteroatoms. The number of halogens is 2. The maximum Gasteiger partial charge on any atom is 0.264 e. The third-order valence-corrected chi connectivity index (χ3v) is 5.37. The van der Waals surface area contributed by atoms with Crippen LogP contribution in [-0.2, 0) is 4.79 Å². The van der Waals surface area contributed by atoms with Crippen molar-refractivity contribution in [2.45, 2.75) is 13.8 Å². The van der Waals surface area contributed by atoms with Crippen molar-refractivity contribution in [1.82, 2.24) is 4.98 Å². The van der Waals surface area contributed by atoms with E-state index in [2.05, 4.69) is 32.3 Å². The Bertz CT molecular complexity index is 926. The number of fused-ring (bicyclic) bond motifs is 1. The molecular weight excluding hydrogens is 412 g/mol. The van der Waals surface area contributed by atoms with E-state index in [1.807, 2.05) is 19.9 Å². The monoisotopic (exact) mass is 424 g/mol. The van der Waals surface area contributed by atoms with Crippen LogP contribution in [0.15, 0.2) is 34.8 Å². The Labute approximate surface area is 156 Å². The van der Waals surface area contributed by atoms with Crippen molar-refractivity contribution in [3.8, 4) is 5.75 Å². The highest BCUT2D eigenvalue weighted by Crippen LogP contribution is 2.30. The van der Waals surface area contributed by atoms with Gasteiger partial charge >= 0.3 is 0 Å². The molecular formula is C17H14BrClN2O2S. The van der Waals surface area contributed by atoms with E-state index >= 15 is 0 Å². The van der Waals surface area contributed by atoms with E-state index in [0.29, 0.717) is 20.4 Å². The van der Waals surface area contributed by atoms with Crippen LogP contribution in [0.25, 0.3) is 10.2 Å². The van der Waals surface area contributed by atoms with Crippen molar-refractivity contribution >= 4 is 60.1 Å². The molecule has 2 aromatic carbocycles. The Morgan fingerprint density at radius 3 is 2.88 bits per heavy atom. The number of ether oxygens (including phenoxy) is 1. The molecule has 3 rings (SSSR count). The molecule has 124 valence electrons. The summed E-state index contributed by atoms with van der Waals surface area (Å²) in [6.45, 7) is 3.97.